The Labute approximate surface area is 149 Å². The maximum Gasteiger partial charge on any atom is 0.311 e. The Hall–Kier alpha value is -2.49. The molecule has 0 aliphatic heterocycles. The SMILES string of the molecule is CCOc1cccc(C(Cc2ccc(OCC(C)C)cc2)C(=O)O)c1. The molecule has 0 saturated heterocycles. The van der Waals surface area contributed by atoms with E-state index in [2.05, 4.69) is 13.8 Å². The lowest BCUT2D eigenvalue weighted by Gasteiger charge is -2.15. The van der Waals surface area contributed by atoms with Crippen molar-refractivity contribution in [2.45, 2.75) is 33.1 Å². The van der Waals surface area contributed by atoms with Gasteiger partial charge >= 0.3 is 5.97 Å². The van der Waals surface area contributed by atoms with Crippen LogP contribution in [-0.4, -0.2) is 24.3 Å². The van der Waals surface area contributed by atoms with E-state index in [1.165, 1.54) is 0 Å². The zero-order valence-electron chi connectivity index (χ0n) is 15.1. The lowest BCUT2D eigenvalue weighted by atomic mass is 9.92. The zero-order chi connectivity index (χ0) is 18.2. The molecule has 0 aliphatic rings. The third-order valence-electron chi connectivity index (χ3n) is 3.82. The van der Waals surface area contributed by atoms with Gasteiger partial charge in [-0.2, -0.15) is 0 Å². The first kappa shape index (κ1) is 18.8. The summed E-state index contributed by atoms with van der Waals surface area (Å²) in [7, 11) is 0. The molecule has 4 nitrogen and oxygen atoms in total. The number of benzene rings is 2. The molecule has 0 saturated carbocycles. The average Bonchev–Trinajstić information content (AvgIpc) is 2.59. The quantitative estimate of drug-likeness (QED) is 0.727. The second-order valence-electron chi connectivity index (χ2n) is 6.45. The molecule has 0 aromatic heterocycles. The van der Waals surface area contributed by atoms with E-state index < -0.39 is 11.9 Å². The van der Waals surface area contributed by atoms with Crippen LogP contribution in [0, 0.1) is 5.92 Å². The van der Waals surface area contributed by atoms with Gasteiger partial charge in [0.05, 0.1) is 19.1 Å². The molecule has 0 bridgehead atoms. The van der Waals surface area contributed by atoms with Crippen molar-refractivity contribution < 1.29 is 19.4 Å². The standard InChI is InChI=1S/C21H26O4/c1-4-24-19-7-5-6-17(13-19)20(21(22)23)12-16-8-10-18(11-9-16)25-14-15(2)3/h5-11,13,15,20H,4,12,14H2,1-3H3,(H,22,23). The van der Waals surface area contributed by atoms with Crippen molar-refractivity contribution in [3.63, 3.8) is 0 Å². The van der Waals surface area contributed by atoms with Gasteiger partial charge in [-0.15, -0.1) is 0 Å². The monoisotopic (exact) mass is 342 g/mol. The zero-order valence-corrected chi connectivity index (χ0v) is 15.1. The first-order chi connectivity index (χ1) is 12.0. The van der Waals surface area contributed by atoms with Crippen LogP contribution in [0.15, 0.2) is 48.5 Å². The lowest BCUT2D eigenvalue weighted by Crippen LogP contribution is -2.14. The predicted octanol–water partition coefficient (Wildman–Crippen LogP) is 4.53. The van der Waals surface area contributed by atoms with E-state index in [4.69, 9.17) is 9.47 Å². The number of ether oxygens (including phenoxy) is 2. The highest BCUT2D eigenvalue weighted by Gasteiger charge is 2.21. The van der Waals surface area contributed by atoms with Gasteiger partial charge in [0.2, 0.25) is 0 Å². The van der Waals surface area contributed by atoms with Gasteiger partial charge in [-0.05, 0) is 54.7 Å². The summed E-state index contributed by atoms with van der Waals surface area (Å²) in [5.41, 5.74) is 1.71. The summed E-state index contributed by atoms with van der Waals surface area (Å²) < 4.78 is 11.1. The number of carboxylic acid groups (broad SMARTS) is 1. The summed E-state index contributed by atoms with van der Waals surface area (Å²) in [6.07, 6.45) is 0.426. The number of carboxylic acids is 1. The highest BCUT2D eigenvalue weighted by atomic mass is 16.5. The summed E-state index contributed by atoms with van der Waals surface area (Å²) in [4.78, 5) is 11.8. The van der Waals surface area contributed by atoms with Crippen LogP contribution in [0.25, 0.3) is 0 Å². The van der Waals surface area contributed by atoms with Gasteiger partial charge in [-0.3, -0.25) is 4.79 Å². The number of aliphatic carboxylic acids is 1. The maximum absolute atomic E-state index is 11.8. The fourth-order valence-electron chi connectivity index (χ4n) is 2.56. The second-order valence-corrected chi connectivity index (χ2v) is 6.45. The molecule has 2 aromatic rings. The molecule has 0 fully saturated rings. The smallest absolute Gasteiger partial charge is 0.311 e. The molecular formula is C21H26O4. The second kappa shape index (κ2) is 9.11. The van der Waals surface area contributed by atoms with Crippen molar-refractivity contribution in [2.24, 2.45) is 5.92 Å². The van der Waals surface area contributed by atoms with Crippen molar-refractivity contribution in [3.8, 4) is 11.5 Å². The van der Waals surface area contributed by atoms with Gasteiger partial charge < -0.3 is 14.6 Å². The van der Waals surface area contributed by atoms with E-state index in [-0.39, 0.29) is 0 Å². The Bertz CT molecular complexity index is 677. The van der Waals surface area contributed by atoms with Crippen molar-refractivity contribution in [1.82, 2.24) is 0 Å². The minimum Gasteiger partial charge on any atom is -0.494 e. The third-order valence-corrected chi connectivity index (χ3v) is 3.82. The van der Waals surface area contributed by atoms with E-state index in [1.54, 1.807) is 0 Å². The summed E-state index contributed by atoms with van der Waals surface area (Å²) in [5.74, 6) is 0.525. The van der Waals surface area contributed by atoms with Crippen LogP contribution in [0.3, 0.4) is 0 Å². The fourth-order valence-corrected chi connectivity index (χ4v) is 2.56. The van der Waals surface area contributed by atoms with E-state index in [1.807, 2.05) is 55.5 Å². The molecule has 0 heterocycles. The Morgan fingerprint density at radius 2 is 1.76 bits per heavy atom. The summed E-state index contributed by atoms with van der Waals surface area (Å²) >= 11 is 0. The van der Waals surface area contributed by atoms with Crippen LogP contribution in [0.5, 0.6) is 11.5 Å². The van der Waals surface area contributed by atoms with Crippen LogP contribution in [0.1, 0.15) is 37.8 Å². The first-order valence-corrected chi connectivity index (χ1v) is 8.67. The van der Waals surface area contributed by atoms with E-state index in [0.29, 0.717) is 31.3 Å². The minimum atomic E-state index is -0.839. The molecule has 0 radical (unpaired) electrons. The van der Waals surface area contributed by atoms with E-state index >= 15 is 0 Å². The molecule has 0 spiro atoms. The molecular weight excluding hydrogens is 316 g/mol. The third kappa shape index (κ3) is 5.82. The van der Waals surface area contributed by atoms with Crippen LogP contribution < -0.4 is 9.47 Å². The van der Waals surface area contributed by atoms with Crippen molar-refractivity contribution >= 4 is 5.97 Å². The van der Waals surface area contributed by atoms with Crippen LogP contribution in [-0.2, 0) is 11.2 Å². The van der Waals surface area contributed by atoms with Crippen LogP contribution in [0.2, 0.25) is 0 Å². The topological polar surface area (TPSA) is 55.8 Å². The number of rotatable bonds is 9. The van der Waals surface area contributed by atoms with E-state index in [0.717, 1.165) is 16.9 Å². The summed E-state index contributed by atoms with van der Waals surface area (Å²) in [6, 6.07) is 15.0. The van der Waals surface area contributed by atoms with Crippen LogP contribution >= 0.6 is 0 Å². The molecule has 25 heavy (non-hydrogen) atoms. The number of hydrogen-bond donors (Lipinski definition) is 1. The van der Waals surface area contributed by atoms with Gasteiger partial charge in [0.15, 0.2) is 0 Å². The highest BCUT2D eigenvalue weighted by Crippen LogP contribution is 2.26. The first-order valence-electron chi connectivity index (χ1n) is 8.67. The lowest BCUT2D eigenvalue weighted by molar-refractivity contribution is -0.138. The highest BCUT2D eigenvalue weighted by molar-refractivity contribution is 5.76. The maximum atomic E-state index is 11.8. The van der Waals surface area contributed by atoms with Gasteiger partial charge in [-0.1, -0.05) is 38.1 Å². The molecule has 1 unspecified atom stereocenters. The van der Waals surface area contributed by atoms with Crippen LogP contribution in [0.4, 0.5) is 0 Å². The molecule has 0 aliphatic carbocycles. The Balaban J connectivity index is 2.11. The Kier molecular flexibility index (Phi) is 6.87. The number of hydrogen-bond acceptors (Lipinski definition) is 3. The van der Waals surface area contributed by atoms with E-state index in [9.17, 15) is 9.90 Å². The average molecular weight is 342 g/mol. The van der Waals surface area contributed by atoms with Gasteiger partial charge in [-0.25, -0.2) is 0 Å². The summed E-state index contributed by atoms with van der Waals surface area (Å²) in [5, 5.41) is 9.64. The van der Waals surface area contributed by atoms with Crippen molar-refractivity contribution in [2.75, 3.05) is 13.2 Å². The summed E-state index contributed by atoms with van der Waals surface area (Å²) in [6.45, 7) is 7.33. The molecule has 1 atom stereocenters. The molecule has 134 valence electrons. The number of carbonyl (C=O) groups is 1. The predicted molar refractivity (Wildman–Crippen MR) is 98.5 cm³/mol. The normalized spacial score (nSPS) is 12.0. The van der Waals surface area contributed by atoms with Gasteiger partial charge in [0.25, 0.3) is 0 Å². The minimum absolute atomic E-state index is 0.426. The Morgan fingerprint density at radius 3 is 2.36 bits per heavy atom. The van der Waals surface area contributed by atoms with Gasteiger partial charge in [0, 0.05) is 0 Å². The largest absolute Gasteiger partial charge is 0.494 e. The van der Waals surface area contributed by atoms with Crippen molar-refractivity contribution in [3.05, 3.63) is 59.7 Å². The Morgan fingerprint density at radius 1 is 1.04 bits per heavy atom. The molecule has 2 rings (SSSR count). The molecule has 4 heteroatoms. The molecule has 2 aromatic carbocycles. The van der Waals surface area contributed by atoms with Gasteiger partial charge in [0.1, 0.15) is 11.5 Å². The van der Waals surface area contributed by atoms with Crippen molar-refractivity contribution in [1.29, 1.82) is 0 Å². The fraction of sp³-hybridized carbons (Fsp3) is 0.381. The molecule has 1 N–H and O–H groups in total. The molecule has 0 amide bonds.